The topological polar surface area (TPSA) is 66.5 Å². The van der Waals surface area contributed by atoms with Crippen LogP contribution in [0.3, 0.4) is 0 Å². The maximum atomic E-state index is 12.5. The average Bonchev–Trinajstić information content (AvgIpc) is 2.63. The Labute approximate surface area is 162 Å². The quantitative estimate of drug-likeness (QED) is 0.755. The van der Waals surface area contributed by atoms with Gasteiger partial charge in [0.05, 0.1) is 11.9 Å². The van der Waals surface area contributed by atoms with Gasteiger partial charge in [-0.2, -0.15) is 0 Å². The Hall–Kier alpha value is -2.34. The van der Waals surface area contributed by atoms with Gasteiger partial charge < -0.3 is 5.32 Å². The van der Waals surface area contributed by atoms with Crippen molar-refractivity contribution in [3.05, 3.63) is 64.7 Å². The number of aryl methyl sites for hydroxylation is 3. The predicted octanol–water partition coefficient (Wildman–Crippen LogP) is 3.20. The molecule has 1 N–H and O–H groups in total. The van der Waals surface area contributed by atoms with Crippen LogP contribution in [0.15, 0.2) is 42.5 Å². The van der Waals surface area contributed by atoms with E-state index in [1.807, 2.05) is 63.2 Å². The first-order chi connectivity index (χ1) is 12.8. The second-order valence-electron chi connectivity index (χ2n) is 6.67. The molecule has 0 saturated heterocycles. The zero-order valence-electron chi connectivity index (χ0n) is 16.5. The lowest BCUT2D eigenvalue weighted by Crippen LogP contribution is -2.41. The van der Waals surface area contributed by atoms with Gasteiger partial charge in [-0.1, -0.05) is 61.9 Å². The molecular weight excluding hydrogens is 360 g/mol. The molecule has 0 atom stereocenters. The normalized spacial score (nSPS) is 11.3. The van der Waals surface area contributed by atoms with E-state index in [-0.39, 0.29) is 12.5 Å². The second kappa shape index (κ2) is 9.04. The van der Waals surface area contributed by atoms with Gasteiger partial charge in [0, 0.05) is 6.54 Å². The lowest BCUT2D eigenvalue weighted by molar-refractivity contribution is -0.119. The molecule has 0 unspecified atom stereocenters. The number of para-hydroxylation sites is 1. The van der Waals surface area contributed by atoms with Gasteiger partial charge in [-0.05, 0) is 36.5 Å². The molecule has 0 heterocycles. The highest BCUT2D eigenvalue weighted by Gasteiger charge is 2.24. The molecule has 2 rings (SSSR count). The Balaban J connectivity index is 2.25. The van der Waals surface area contributed by atoms with Crippen LogP contribution in [0.4, 0.5) is 5.69 Å². The van der Waals surface area contributed by atoms with E-state index in [2.05, 4.69) is 5.32 Å². The SMILES string of the molecule is CCc1cccc(CC)c1N(CC(=O)NCc1cccc(C)c1)S(C)(=O)=O. The van der Waals surface area contributed by atoms with Gasteiger partial charge in [0.1, 0.15) is 6.54 Å². The van der Waals surface area contributed by atoms with Crippen LogP contribution >= 0.6 is 0 Å². The highest BCUT2D eigenvalue weighted by Crippen LogP contribution is 2.28. The van der Waals surface area contributed by atoms with Crippen LogP contribution in [0.2, 0.25) is 0 Å². The Morgan fingerprint density at radius 2 is 1.63 bits per heavy atom. The van der Waals surface area contributed by atoms with Crippen LogP contribution in [0.1, 0.15) is 36.1 Å². The fraction of sp³-hybridized carbons (Fsp3) is 0.381. The smallest absolute Gasteiger partial charge is 0.241 e. The third kappa shape index (κ3) is 5.57. The number of rotatable bonds is 8. The lowest BCUT2D eigenvalue weighted by atomic mass is 10.0. The monoisotopic (exact) mass is 388 g/mol. The number of sulfonamides is 1. The summed E-state index contributed by atoms with van der Waals surface area (Å²) in [4.78, 5) is 12.5. The van der Waals surface area contributed by atoms with E-state index in [0.29, 0.717) is 25.1 Å². The third-order valence-electron chi connectivity index (χ3n) is 4.47. The number of nitrogens with zero attached hydrogens (tertiary/aromatic N) is 1. The number of amides is 1. The molecule has 0 aromatic heterocycles. The van der Waals surface area contributed by atoms with Crippen molar-refractivity contribution in [2.45, 2.75) is 40.2 Å². The molecule has 0 fully saturated rings. The van der Waals surface area contributed by atoms with Crippen LogP contribution in [-0.2, 0) is 34.2 Å². The minimum absolute atomic E-state index is 0.228. The van der Waals surface area contributed by atoms with E-state index in [0.717, 1.165) is 28.5 Å². The highest BCUT2D eigenvalue weighted by molar-refractivity contribution is 7.92. The van der Waals surface area contributed by atoms with Crippen LogP contribution < -0.4 is 9.62 Å². The number of benzene rings is 2. The average molecular weight is 389 g/mol. The minimum atomic E-state index is -3.60. The fourth-order valence-electron chi connectivity index (χ4n) is 3.11. The lowest BCUT2D eigenvalue weighted by Gasteiger charge is -2.26. The molecule has 0 saturated carbocycles. The highest BCUT2D eigenvalue weighted by atomic mass is 32.2. The summed E-state index contributed by atoms with van der Waals surface area (Å²) in [5, 5.41) is 2.83. The molecule has 0 aliphatic carbocycles. The molecule has 27 heavy (non-hydrogen) atoms. The molecular formula is C21H28N2O3S. The molecule has 2 aromatic rings. The van der Waals surface area contributed by atoms with Gasteiger partial charge in [-0.3, -0.25) is 9.10 Å². The maximum Gasteiger partial charge on any atom is 0.241 e. The van der Waals surface area contributed by atoms with Crippen LogP contribution in [0.25, 0.3) is 0 Å². The van der Waals surface area contributed by atoms with Crippen LogP contribution in [-0.4, -0.2) is 27.1 Å². The van der Waals surface area contributed by atoms with Gasteiger partial charge in [-0.25, -0.2) is 8.42 Å². The Bertz CT molecular complexity index is 885. The summed E-state index contributed by atoms with van der Waals surface area (Å²) in [6.07, 6.45) is 2.53. The zero-order valence-corrected chi connectivity index (χ0v) is 17.3. The van der Waals surface area contributed by atoms with Gasteiger partial charge >= 0.3 is 0 Å². The molecule has 1 amide bonds. The standard InChI is InChI=1S/C21H28N2O3S/c1-5-18-11-8-12-19(6-2)21(18)23(27(4,25)26)15-20(24)22-14-17-10-7-9-16(3)13-17/h7-13H,5-6,14-15H2,1-4H3,(H,22,24). The van der Waals surface area contributed by atoms with Crippen LogP contribution in [0, 0.1) is 6.92 Å². The number of carbonyl (C=O) groups excluding carboxylic acids is 1. The van der Waals surface area contributed by atoms with E-state index in [9.17, 15) is 13.2 Å². The van der Waals surface area contributed by atoms with Crippen molar-refractivity contribution in [2.75, 3.05) is 17.1 Å². The summed E-state index contributed by atoms with van der Waals surface area (Å²) < 4.78 is 26.2. The maximum absolute atomic E-state index is 12.5. The van der Waals surface area contributed by atoms with Crippen molar-refractivity contribution >= 4 is 21.6 Å². The molecule has 0 aliphatic rings. The third-order valence-corrected chi connectivity index (χ3v) is 5.59. The zero-order chi connectivity index (χ0) is 20.0. The van der Waals surface area contributed by atoms with Crippen molar-refractivity contribution in [3.63, 3.8) is 0 Å². The van der Waals surface area contributed by atoms with E-state index < -0.39 is 10.0 Å². The second-order valence-corrected chi connectivity index (χ2v) is 8.57. The molecule has 0 spiro atoms. The number of anilines is 1. The molecule has 5 nitrogen and oxygen atoms in total. The summed E-state index contributed by atoms with van der Waals surface area (Å²) in [6, 6.07) is 13.6. The van der Waals surface area contributed by atoms with Crippen molar-refractivity contribution in [1.29, 1.82) is 0 Å². The van der Waals surface area contributed by atoms with Gasteiger partial charge in [0.15, 0.2) is 0 Å². The summed E-state index contributed by atoms with van der Waals surface area (Å²) in [6.45, 7) is 6.10. The fourth-order valence-corrected chi connectivity index (χ4v) is 4.02. The summed E-state index contributed by atoms with van der Waals surface area (Å²) in [7, 11) is -3.60. The molecule has 0 radical (unpaired) electrons. The van der Waals surface area contributed by atoms with Gasteiger partial charge in [0.25, 0.3) is 0 Å². The number of hydrogen-bond acceptors (Lipinski definition) is 3. The molecule has 6 heteroatoms. The number of hydrogen-bond donors (Lipinski definition) is 1. The van der Waals surface area contributed by atoms with Gasteiger partial charge in [0.2, 0.25) is 15.9 Å². The Morgan fingerprint density at radius 3 is 2.15 bits per heavy atom. The summed E-state index contributed by atoms with van der Waals surface area (Å²) >= 11 is 0. The largest absolute Gasteiger partial charge is 0.350 e. The van der Waals surface area contributed by atoms with E-state index in [1.54, 1.807) is 0 Å². The van der Waals surface area contributed by atoms with Crippen molar-refractivity contribution in [1.82, 2.24) is 5.32 Å². The Morgan fingerprint density at radius 1 is 1.04 bits per heavy atom. The molecule has 0 aliphatic heterocycles. The summed E-state index contributed by atoms with van der Waals surface area (Å²) in [5.74, 6) is -0.324. The minimum Gasteiger partial charge on any atom is -0.350 e. The molecule has 146 valence electrons. The molecule has 0 bridgehead atoms. The molecule has 2 aromatic carbocycles. The van der Waals surface area contributed by atoms with E-state index >= 15 is 0 Å². The van der Waals surface area contributed by atoms with Crippen LogP contribution in [0.5, 0.6) is 0 Å². The predicted molar refractivity (Wildman–Crippen MR) is 110 cm³/mol. The van der Waals surface area contributed by atoms with E-state index in [4.69, 9.17) is 0 Å². The van der Waals surface area contributed by atoms with Gasteiger partial charge in [-0.15, -0.1) is 0 Å². The van der Waals surface area contributed by atoms with Crippen molar-refractivity contribution in [2.24, 2.45) is 0 Å². The first-order valence-electron chi connectivity index (χ1n) is 9.17. The first-order valence-corrected chi connectivity index (χ1v) is 11.0. The van der Waals surface area contributed by atoms with E-state index in [1.165, 1.54) is 4.31 Å². The van der Waals surface area contributed by atoms with Crippen molar-refractivity contribution < 1.29 is 13.2 Å². The number of carbonyl (C=O) groups is 1. The Kier molecular flexibility index (Phi) is 7.02. The summed E-state index contributed by atoms with van der Waals surface area (Å²) in [5.41, 5.74) is 4.58. The van der Waals surface area contributed by atoms with Crippen molar-refractivity contribution in [3.8, 4) is 0 Å². The number of nitrogens with one attached hydrogen (secondary N) is 1. The first kappa shape index (κ1) is 21.0.